The fraction of sp³-hybridized carbons (Fsp3) is 0.769. The lowest BCUT2D eigenvalue weighted by Gasteiger charge is -2.33. The molecular weight excluding hydrogens is 212 g/mol. The van der Waals surface area contributed by atoms with E-state index < -0.39 is 0 Å². The van der Waals surface area contributed by atoms with Gasteiger partial charge >= 0.3 is 0 Å². The quantitative estimate of drug-likeness (QED) is 0.840. The highest BCUT2D eigenvalue weighted by Gasteiger charge is 2.19. The molecule has 96 valence electrons. The minimum Gasteiger partial charge on any atom is -0.317 e. The first-order chi connectivity index (χ1) is 8.33. The molecule has 1 aromatic rings. The van der Waals surface area contributed by atoms with Gasteiger partial charge in [-0.2, -0.15) is 5.10 Å². The van der Waals surface area contributed by atoms with Gasteiger partial charge in [-0.3, -0.25) is 9.58 Å². The molecule has 4 nitrogen and oxygen atoms in total. The summed E-state index contributed by atoms with van der Waals surface area (Å²) < 4.78 is 2.01. The molecule has 2 heterocycles. The highest BCUT2D eigenvalue weighted by molar-refractivity contribution is 5.04. The van der Waals surface area contributed by atoms with Crippen LogP contribution in [0.3, 0.4) is 0 Å². The normalized spacial score (nSPS) is 17.8. The van der Waals surface area contributed by atoms with Gasteiger partial charge in [-0.15, -0.1) is 0 Å². The van der Waals surface area contributed by atoms with Crippen LogP contribution in [0.5, 0.6) is 0 Å². The predicted molar refractivity (Wildman–Crippen MR) is 69.9 cm³/mol. The number of hydrogen-bond acceptors (Lipinski definition) is 3. The van der Waals surface area contributed by atoms with Gasteiger partial charge in [0.15, 0.2) is 0 Å². The van der Waals surface area contributed by atoms with Crippen molar-refractivity contribution in [2.75, 3.05) is 19.6 Å². The molecule has 17 heavy (non-hydrogen) atoms. The molecule has 1 saturated heterocycles. The van der Waals surface area contributed by atoms with Gasteiger partial charge in [-0.05, 0) is 39.4 Å². The molecule has 0 radical (unpaired) electrons. The lowest BCUT2D eigenvalue weighted by atomic mass is 10.0. The molecule has 1 aliphatic rings. The van der Waals surface area contributed by atoms with E-state index in [0.29, 0.717) is 0 Å². The van der Waals surface area contributed by atoms with Gasteiger partial charge < -0.3 is 5.32 Å². The third kappa shape index (κ3) is 3.30. The monoisotopic (exact) mass is 236 g/mol. The van der Waals surface area contributed by atoms with Crippen LogP contribution < -0.4 is 5.32 Å². The Bertz CT molecular complexity index is 328. The summed E-state index contributed by atoms with van der Waals surface area (Å²) in [5.41, 5.74) is 1.34. The highest BCUT2D eigenvalue weighted by atomic mass is 15.3. The molecule has 1 aromatic heterocycles. The summed E-state index contributed by atoms with van der Waals surface area (Å²) >= 11 is 0. The maximum Gasteiger partial charge on any atom is 0.0534 e. The Labute approximate surface area is 104 Å². The molecular formula is C13H24N4. The Morgan fingerprint density at radius 1 is 1.41 bits per heavy atom. The SMILES string of the molecule is CCN(Cc1cnn(CC)c1)C1CCNCC1. The summed E-state index contributed by atoms with van der Waals surface area (Å²) in [4.78, 5) is 2.58. The number of nitrogens with one attached hydrogen (secondary N) is 1. The van der Waals surface area contributed by atoms with Crippen molar-refractivity contribution in [2.45, 2.75) is 45.8 Å². The van der Waals surface area contributed by atoms with E-state index >= 15 is 0 Å². The number of hydrogen-bond donors (Lipinski definition) is 1. The average molecular weight is 236 g/mol. The molecule has 1 fully saturated rings. The van der Waals surface area contributed by atoms with Gasteiger partial charge in [-0.1, -0.05) is 6.92 Å². The van der Waals surface area contributed by atoms with Gasteiger partial charge in [0.1, 0.15) is 0 Å². The number of nitrogens with zero attached hydrogens (tertiary/aromatic N) is 3. The van der Waals surface area contributed by atoms with Crippen LogP contribution in [0.15, 0.2) is 12.4 Å². The second-order valence-electron chi connectivity index (χ2n) is 4.75. The van der Waals surface area contributed by atoms with E-state index in [1.165, 1.54) is 18.4 Å². The van der Waals surface area contributed by atoms with E-state index in [0.717, 1.165) is 38.8 Å². The first kappa shape index (κ1) is 12.6. The second kappa shape index (κ2) is 6.17. The van der Waals surface area contributed by atoms with Crippen molar-refractivity contribution in [1.82, 2.24) is 20.0 Å². The van der Waals surface area contributed by atoms with E-state index in [1.54, 1.807) is 0 Å². The second-order valence-corrected chi connectivity index (χ2v) is 4.75. The Kier molecular flexibility index (Phi) is 4.57. The fourth-order valence-corrected chi connectivity index (χ4v) is 2.57. The van der Waals surface area contributed by atoms with Crippen molar-refractivity contribution in [3.05, 3.63) is 18.0 Å². The zero-order chi connectivity index (χ0) is 12.1. The lowest BCUT2D eigenvalue weighted by molar-refractivity contribution is 0.162. The lowest BCUT2D eigenvalue weighted by Crippen LogP contribution is -2.42. The minimum absolute atomic E-state index is 0.742. The Balaban J connectivity index is 1.93. The van der Waals surface area contributed by atoms with Gasteiger partial charge in [0.2, 0.25) is 0 Å². The van der Waals surface area contributed by atoms with Crippen LogP contribution >= 0.6 is 0 Å². The highest BCUT2D eigenvalue weighted by Crippen LogP contribution is 2.15. The number of piperidine rings is 1. The maximum atomic E-state index is 4.34. The molecule has 0 atom stereocenters. The van der Waals surface area contributed by atoms with Gasteiger partial charge in [0, 0.05) is 30.9 Å². The summed E-state index contributed by atoms with van der Waals surface area (Å²) in [6.07, 6.45) is 6.72. The van der Waals surface area contributed by atoms with Crippen LogP contribution in [-0.2, 0) is 13.1 Å². The minimum atomic E-state index is 0.742. The van der Waals surface area contributed by atoms with E-state index in [2.05, 4.69) is 35.4 Å². The Hall–Kier alpha value is -0.870. The van der Waals surface area contributed by atoms with Crippen LogP contribution in [0.4, 0.5) is 0 Å². The molecule has 4 heteroatoms. The molecule has 0 aromatic carbocycles. The molecule has 0 amide bonds. The molecule has 2 rings (SSSR count). The third-order valence-electron chi connectivity index (χ3n) is 3.63. The van der Waals surface area contributed by atoms with Gasteiger partial charge in [-0.25, -0.2) is 0 Å². The van der Waals surface area contributed by atoms with Crippen LogP contribution in [0.2, 0.25) is 0 Å². The number of aryl methyl sites for hydroxylation is 1. The summed E-state index contributed by atoms with van der Waals surface area (Å²) in [6.45, 7) is 9.83. The Morgan fingerprint density at radius 3 is 2.76 bits per heavy atom. The van der Waals surface area contributed by atoms with E-state index in [9.17, 15) is 0 Å². The molecule has 0 aliphatic carbocycles. The zero-order valence-corrected chi connectivity index (χ0v) is 11.0. The fourth-order valence-electron chi connectivity index (χ4n) is 2.57. The van der Waals surface area contributed by atoms with Crippen LogP contribution in [0.25, 0.3) is 0 Å². The summed E-state index contributed by atoms with van der Waals surface area (Å²) in [6, 6.07) is 0.742. The van der Waals surface area contributed by atoms with E-state index in [1.807, 2.05) is 10.9 Å². The zero-order valence-electron chi connectivity index (χ0n) is 11.0. The predicted octanol–water partition coefficient (Wildman–Crippen LogP) is 1.48. The Morgan fingerprint density at radius 2 is 2.18 bits per heavy atom. The first-order valence-electron chi connectivity index (χ1n) is 6.79. The molecule has 0 unspecified atom stereocenters. The summed E-state index contributed by atoms with van der Waals surface area (Å²) in [5, 5.41) is 7.77. The van der Waals surface area contributed by atoms with E-state index in [-0.39, 0.29) is 0 Å². The summed E-state index contributed by atoms with van der Waals surface area (Å²) in [5.74, 6) is 0. The van der Waals surface area contributed by atoms with E-state index in [4.69, 9.17) is 0 Å². The smallest absolute Gasteiger partial charge is 0.0534 e. The number of aromatic nitrogens is 2. The molecule has 0 saturated carbocycles. The molecule has 1 N–H and O–H groups in total. The number of rotatable bonds is 5. The van der Waals surface area contributed by atoms with Crippen LogP contribution in [-0.4, -0.2) is 40.4 Å². The van der Waals surface area contributed by atoms with Crippen molar-refractivity contribution in [1.29, 1.82) is 0 Å². The molecule has 0 spiro atoms. The van der Waals surface area contributed by atoms with Crippen molar-refractivity contribution >= 4 is 0 Å². The maximum absolute atomic E-state index is 4.34. The van der Waals surface area contributed by atoms with Crippen LogP contribution in [0.1, 0.15) is 32.3 Å². The standard InChI is InChI=1S/C13H24N4/c1-3-16(13-5-7-14-8-6-13)10-12-9-15-17(4-2)11-12/h9,11,13-14H,3-8,10H2,1-2H3. The van der Waals surface area contributed by atoms with Crippen LogP contribution in [0, 0.1) is 0 Å². The average Bonchev–Trinajstić information content (AvgIpc) is 2.84. The van der Waals surface area contributed by atoms with Crippen molar-refractivity contribution in [3.63, 3.8) is 0 Å². The largest absolute Gasteiger partial charge is 0.317 e. The van der Waals surface area contributed by atoms with Crippen molar-refractivity contribution in [2.24, 2.45) is 0 Å². The topological polar surface area (TPSA) is 33.1 Å². The third-order valence-corrected chi connectivity index (χ3v) is 3.63. The molecule has 0 bridgehead atoms. The summed E-state index contributed by atoms with van der Waals surface area (Å²) in [7, 11) is 0. The first-order valence-corrected chi connectivity index (χ1v) is 6.79. The van der Waals surface area contributed by atoms with Gasteiger partial charge in [0.25, 0.3) is 0 Å². The molecule has 1 aliphatic heterocycles. The van der Waals surface area contributed by atoms with Gasteiger partial charge in [0.05, 0.1) is 6.20 Å². The van der Waals surface area contributed by atoms with Crippen molar-refractivity contribution in [3.8, 4) is 0 Å². The van der Waals surface area contributed by atoms with Crippen molar-refractivity contribution < 1.29 is 0 Å².